The zero-order valence-corrected chi connectivity index (χ0v) is 28.5. The molecule has 2 rings (SSSR count). The van der Waals surface area contributed by atoms with Crippen molar-refractivity contribution in [2.45, 2.75) is 148 Å². The first-order chi connectivity index (χ1) is 20.3. The number of hydrogen-bond acceptors (Lipinski definition) is 2. The van der Waals surface area contributed by atoms with Gasteiger partial charge < -0.3 is 9.53 Å². The van der Waals surface area contributed by atoms with E-state index in [-0.39, 0.29) is 5.04 Å². The van der Waals surface area contributed by atoms with Crippen LogP contribution in [0.4, 0.5) is 0 Å². The van der Waals surface area contributed by atoms with E-state index in [9.17, 15) is 9.90 Å². The van der Waals surface area contributed by atoms with Gasteiger partial charge >= 0.3 is 5.97 Å². The lowest BCUT2D eigenvalue weighted by molar-refractivity contribution is -0.138. The Hall–Kier alpha value is -1.91. The maximum Gasteiger partial charge on any atom is 0.303 e. The Kier molecular flexibility index (Phi) is 18.1. The lowest BCUT2D eigenvalue weighted by Gasteiger charge is -2.43. The molecule has 0 fully saturated rings. The minimum atomic E-state index is -2.41. The van der Waals surface area contributed by atoms with Gasteiger partial charge in [0.25, 0.3) is 8.32 Å². The van der Waals surface area contributed by atoms with Crippen molar-refractivity contribution in [2.24, 2.45) is 5.92 Å². The zero-order valence-electron chi connectivity index (χ0n) is 27.5. The molecule has 0 radical (unpaired) electrons. The Morgan fingerprint density at radius 1 is 0.667 bits per heavy atom. The Labute approximate surface area is 260 Å². The van der Waals surface area contributed by atoms with Crippen LogP contribution in [0.5, 0.6) is 0 Å². The topological polar surface area (TPSA) is 46.5 Å². The molecule has 1 N–H and O–H groups in total. The van der Waals surface area contributed by atoms with Crippen molar-refractivity contribution >= 4 is 24.7 Å². The Morgan fingerprint density at radius 3 is 1.48 bits per heavy atom. The van der Waals surface area contributed by atoms with Crippen LogP contribution >= 0.6 is 0 Å². The van der Waals surface area contributed by atoms with Gasteiger partial charge in [-0.05, 0) is 40.6 Å². The molecule has 1 atom stereocenters. The van der Waals surface area contributed by atoms with E-state index in [4.69, 9.17) is 4.43 Å². The molecule has 0 saturated heterocycles. The van der Waals surface area contributed by atoms with E-state index < -0.39 is 14.3 Å². The zero-order chi connectivity index (χ0) is 30.5. The van der Waals surface area contributed by atoms with E-state index in [1.807, 2.05) is 0 Å². The summed E-state index contributed by atoms with van der Waals surface area (Å²) in [6, 6.07) is 21.9. The van der Waals surface area contributed by atoms with Crippen LogP contribution in [-0.4, -0.2) is 26.0 Å². The summed E-state index contributed by atoms with van der Waals surface area (Å²) in [5, 5.41) is 12.1. The molecule has 236 valence electrons. The maximum atomic E-state index is 11.3. The molecule has 0 aromatic heterocycles. The van der Waals surface area contributed by atoms with E-state index in [1.54, 1.807) is 0 Å². The minimum absolute atomic E-state index is 0.0351. The van der Waals surface area contributed by atoms with Gasteiger partial charge in [0.1, 0.15) is 0 Å². The second-order valence-electron chi connectivity index (χ2n) is 13.5. The van der Waals surface area contributed by atoms with E-state index in [0.717, 1.165) is 25.9 Å². The Bertz CT molecular complexity index is 898. The van der Waals surface area contributed by atoms with Crippen molar-refractivity contribution in [2.75, 3.05) is 6.61 Å². The van der Waals surface area contributed by atoms with Gasteiger partial charge in [-0.25, -0.2) is 0 Å². The largest absolute Gasteiger partial charge is 0.481 e. The van der Waals surface area contributed by atoms with Crippen molar-refractivity contribution in [1.29, 1.82) is 0 Å². The average molecular weight is 595 g/mol. The first-order valence-electron chi connectivity index (χ1n) is 17.3. The number of carbonyl (C=O) groups is 1. The third kappa shape index (κ3) is 13.2. The van der Waals surface area contributed by atoms with Crippen molar-refractivity contribution < 1.29 is 14.3 Å². The van der Waals surface area contributed by atoms with E-state index in [2.05, 4.69) is 88.4 Å². The molecule has 2 aromatic rings. The Morgan fingerprint density at radius 2 is 1.07 bits per heavy atom. The van der Waals surface area contributed by atoms with Gasteiger partial charge in [-0.2, -0.15) is 0 Å². The summed E-state index contributed by atoms with van der Waals surface area (Å²) < 4.78 is 7.03. The molecule has 0 bridgehead atoms. The molecule has 0 saturated carbocycles. The number of benzene rings is 2. The maximum absolute atomic E-state index is 11.3. The predicted octanol–water partition coefficient (Wildman–Crippen LogP) is 10.3. The molecule has 0 spiro atoms. The molecular formula is C38H62O3Si. The summed E-state index contributed by atoms with van der Waals surface area (Å²) in [5.41, 5.74) is 0. The molecular weight excluding hydrogens is 533 g/mol. The second-order valence-corrected chi connectivity index (χ2v) is 17.8. The molecule has 2 aromatic carbocycles. The highest BCUT2D eigenvalue weighted by Crippen LogP contribution is 2.37. The first kappa shape index (κ1) is 36.3. The summed E-state index contributed by atoms with van der Waals surface area (Å²) in [6.07, 6.45) is 21.5. The quantitative estimate of drug-likeness (QED) is 0.0971. The highest BCUT2D eigenvalue weighted by atomic mass is 28.4. The lowest BCUT2D eigenvalue weighted by Crippen LogP contribution is -2.66. The molecule has 42 heavy (non-hydrogen) atoms. The van der Waals surface area contributed by atoms with E-state index in [0.29, 0.717) is 12.3 Å². The highest BCUT2D eigenvalue weighted by Gasteiger charge is 2.49. The molecule has 0 aliphatic carbocycles. The molecule has 0 amide bonds. The molecule has 1 unspecified atom stereocenters. The summed E-state index contributed by atoms with van der Waals surface area (Å²) in [4.78, 5) is 11.3. The van der Waals surface area contributed by atoms with Crippen LogP contribution in [0.1, 0.15) is 143 Å². The van der Waals surface area contributed by atoms with Gasteiger partial charge in [0.2, 0.25) is 0 Å². The second kappa shape index (κ2) is 20.9. The number of carboxylic acids is 1. The number of hydrogen-bond donors (Lipinski definition) is 1. The van der Waals surface area contributed by atoms with Crippen LogP contribution in [0, 0.1) is 5.92 Å². The van der Waals surface area contributed by atoms with Crippen LogP contribution < -0.4 is 10.4 Å². The number of unbranched alkanes of at least 4 members (excludes halogenated alkanes) is 13. The van der Waals surface area contributed by atoms with Crippen molar-refractivity contribution in [3.63, 3.8) is 0 Å². The molecule has 0 aliphatic rings. The first-order valence-corrected chi connectivity index (χ1v) is 19.2. The normalized spacial score (nSPS) is 12.9. The lowest BCUT2D eigenvalue weighted by atomic mass is 9.91. The standard InChI is InChI=1S/C38H62O3Si/c1-5-6-7-8-11-14-19-26-34(33-37(39)40)27-20-15-12-9-10-13-16-25-32-41-42(38(2,3)4,35-28-21-17-22-29-35)36-30-23-18-24-31-36/h17-18,21-24,28-31,34H,5-16,19-20,25-27,32-33H2,1-4H3,(H,39,40). The number of aliphatic carboxylic acids is 1. The van der Waals surface area contributed by atoms with Crippen LogP contribution in [0.2, 0.25) is 5.04 Å². The highest BCUT2D eigenvalue weighted by molar-refractivity contribution is 6.99. The van der Waals surface area contributed by atoms with Crippen LogP contribution in [0.3, 0.4) is 0 Å². The van der Waals surface area contributed by atoms with Crippen LogP contribution in [0.25, 0.3) is 0 Å². The predicted molar refractivity (Wildman–Crippen MR) is 183 cm³/mol. The molecule has 3 nitrogen and oxygen atoms in total. The smallest absolute Gasteiger partial charge is 0.303 e. The third-order valence-corrected chi connectivity index (χ3v) is 14.0. The van der Waals surface area contributed by atoms with E-state index in [1.165, 1.54) is 100 Å². The van der Waals surface area contributed by atoms with Crippen molar-refractivity contribution in [1.82, 2.24) is 0 Å². The van der Waals surface area contributed by atoms with Gasteiger partial charge in [-0.1, -0.05) is 178 Å². The number of rotatable bonds is 24. The summed E-state index contributed by atoms with van der Waals surface area (Å²) in [5.74, 6) is -0.254. The monoisotopic (exact) mass is 594 g/mol. The third-order valence-electron chi connectivity index (χ3n) is 8.92. The van der Waals surface area contributed by atoms with Crippen molar-refractivity contribution in [3.8, 4) is 0 Å². The molecule has 0 aliphatic heterocycles. The van der Waals surface area contributed by atoms with Crippen LogP contribution in [0.15, 0.2) is 60.7 Å². The van der Waals surface area contributed by atoms with Gasteiger partial charge in [-0.15, -0.1) is 0 Å². The minimum Gasteiger partial charge on any atom is -0.481 e. The van der Waals surface area contributed by atoms with Crippen LogP contribution in [-0.2, 0) is 9.22 Å². The summed E-state index contributed by atoms with van der Waals surface area (Å²) in [6.45, 7) is 10.1. The fraction of sp³-hybridized carbons (Fsp3) is 0.658. The molecule has 0 heterocycles. The number of carboxylic acid groups (broad SMARTS) is 1. The van der Waals surface area contributed by atoms with Gasteiger partial charge in [-0.3, -0.25) is 4.79 Å². The van der Waals surface area contributed by atoms with Gasteiger partial charge in [0, 0.05) is 13.0 Å². The van der Waals surface area contributed by atoms with Crippen molar-refractivity contribution in [3.05, 3.63) is 60.7 Å². The fourth-order valence-corrected chi connectivity index (χ4v) is 11.2. The Balaban J connectivity index is 1.66. The summed E-state index contributed by atoms with van der Waals surface area (Å²) >= 11 is 0. The van der Waals surface area contributed by atoms with Gasteiger partial charge in [0.05, 0.1) is 0 Å². The SMILES string of the molecule is CCCCCCCCCC(CCCCCCCCCCO[Si](c1ccccc1)(c1ccccc1)C(C)(C)C)CC(=O)O. The summed E-state index contributed by atoms with van der Waals surface area (Å²) in [7, 11) is -2.41. The molecule has 4 heteroatoms. The van der Waals surface area contributed by atoms with Gasteiger partial charge in [0.15, 0.2) is 0 Å². The van der Waals surface area contributed by atoms with E-state index >= 15 is 0 Å². The average Bonchev–Trinajstić information content (AvgIpc) is 2.97. The fourth-order valence-electron chi connectivity index (χ4n) is 6.57.